The second kappa shape index (κ2) is 5.14. The highest BCUT2D eigenvalue weighted by atomic mass is 16.5. The normalized spacial score (nSPS) is 25.3. The molecule has 1 heterocycles. The zero-order chi connectivity index (χ0) is 11.4. The summed E-state index contributed by atoms with van der Waals surface area (Å²) >= 11 is 0. The molecule has 1 N–H and O–H groups in total. The van der Waals surface area contributed by atoms with E-state index in [0.29, 0.717) is 11.8 Å². The molecule has 1 fully saturated rings. The molecule has 16 heavy (non-hydrogen) atoms. The number of rotatable bonds is 3. The maximum Gasteiger partial charge on any atom is 0.254 e. The smallest absolute Gasteiger partial charge is 0.254 e. The average molecular weight is 222 g/mol. The summed E-state index contributed by atoms with van der Waals surface area (Å²) in [4.78, 5) is 17.6. The van der Waals surface area contributed by atoms with Crippen molar-refractivity contribution in [3.8, 4) is 5.88 Å². The third-order valence-electron chi connectivity index (χ3n) is 3.29. The van der Waals surface area contributed by atoms with Crippen LogP contribution in [-0.4, -0.2) is 16.1 Å². The number of aromatic amines is 1. The molecule has 2 atom stereocenters. The van der Waals surface area contributed by atoms with Crippen LogP contribution in [0.4, 0.5) is 0 Å². The number of hydrogen-bond donors (Lipinski definition) is 1. The van der Waals surface area contributed by atoms with Gasteiger partial charge in [0.25, 0.3) is 5.56 Å². The topological polar surface area (TPSA) is 55.0 Å². The molecule has 0 bridgehead atoms. The Kier molecular flexibility index (Phi) is 3.59. The molecule has 1 aromatic rings. The summed E-state index contributed by atoms with van der Waals surface area (Å²) in [6, 6.07) is 1.42. The Bertz CT molecular complexity index is 389. The number of aromatic nitrogens is 2. The van der Waals surface area contributed by atoms with Crippen LogP contribution >= 0.6 is 0 Å². The van der Waals surface area contributed by atoms with Gasteiger partial charge in [-0.3, -0.25) is 4.79 Å². The summed E-state index contributed by atoms with van der Waals surface area (Å²) in [6.07, 6.45) is 7.56. The maximum atomic E-state index is 11.1. The molecule has 1 saturated carbocycles. The molecule has 88 valence electrons. The zero-order valence-electron chi connectivity index (χ0n) is 9.61. The van der Waals surface area contributed by atoms with Gasteiger partial charge in [0.2, 0.25) is 5.88 Å². The Morgan fingerprint density at radius 1 is 1.50 bits per heavy atom. The van der Waals surface area contributed by atoms with Gasteiger partial charge in [0.1, 0.15) is 6.10 Å². The van der Waals surface area contributed by atoms with Gasteiger partial charge in [-0.2, -0.15) is 0 Å². The van der Waals surface area contributed by atoms with Crippen molar-refractivity contribution < 1.29 is 4.74 Å². The van der Waals surface area contributed by atoms with E-state index in [4.69, 9.17) is 4.74 Å². The Hall–Kier alpha value is -1.32. The minimum Gasteiger partial charge on any atom is -0.474 e. The first kappa shape index (κ1) is 11.2. The lowest BCUT2D eigenvalue weighted by molar-refractivity contribution is 0.0856. The monoisotopic (exact) mass is 222 g/mol. The zero-order valence-corrected chi connectivity index (χ0v) is 9.61. The Labute approximate surface area is 95.1 Å². The molecule has 1 aromatic heterocycles. The van der Waals surface area contributed by atoms with Gasteiger partial charge >= 0.3 is 0 Å². The van der Waals surface area contributed by atoms with Gasteiger partial charge in [0.05, 0.1) is 12.4 Å². The Balaban J connectivity index is 2.05. The van der Waals surface area contributed by atoms with Gasteiger partial charge in [-0.05, 0) is 31.6 Å². The van der Waals surface area contributed by atoms with E-state index in [2.05, 4.69) is 16.9 Å². The van der Waals surface area contributed by atoms with Crippen molar-refractivity contribution >= 4 is 0 Å². The van der Waals surface area contributed by atoms with Crippen molar-refractivity contribution in [1.29, 1.82) is 0 Å². The van der Waals surface area contributed by atoms with E-state index in [0.717, 1.165) is 12.8 Å². The fraction of sp³-hybridized carbons (Fsp3) is 0.667. The van der Waals surface area contributed by atoms with Gasteiger partial charge in [0.15, 0.2) is 0 Å². The first-order valence-electron chi connectivity index (χ1n) is 6.01. The standard InChI is InChI=1S/C12H18N2O2/c1-2-9-5-3-4-6-10(9)16-12-7-11(15)13-8-14-12/h7-10H,2-6H2,1H3,(H,13,14,15). The van der Waals surface area contributed by atoms with Crippen molar-refractivity contribution in [3.63, 3.8) is 0 Å². The van der Waals surface area contributed by atoms with Gasteiger partial charge in [0, 0.05) is 0 Å². The highest BCUT2D eigenvalue weighted by Crippen LogP contribution is 2.29. The van der Waals surface area contributed by atoms with Crippen LogP contribution in [0.15, 0.2) is 17.2 Å². The van der Waals surface area contributed by atoms with Crippen LogP contribution in [-0.2, 0) is 0 Å². The van der Waals surface area contributed by atoms with E-state index in [-0.39, 0.29) is 11.7 Å². The van der Waals surface area contributed by atoms with Crippen LogP contribution in [0.25, 0.3) is 0 Å². The van der Waals surface area contributed by atoms with Crippen LogP contribution in [0.3, 0.4) is 0 Å². The summed E-state index contributed by atoms with van der Waals surface area (Å²) in [5.41, 5.74) is -0.158. The summed E-state index contributed by atoms with van der Waals surface area (Å²) in [5, 5.41) is 0. The van der Waals surface area contributed by atoms with Crippen LogP contribution in [0, 0.1) is 5.92 Å². The first-order valence-corrected chi connectivity index (χ1v) is 6.01. The second-order valence-corrected chi connectivity index (χ2v) is 4.36. The maximum absolute atomic E-state index is 11.1. The molecular formula is C12H18N2O2. The van der Waals surface area contributed by atoms with Crippen molar-refractivity contribution in [2.75, 3.05) is 0 Å². The van der Waals surface area contributed by atoms with Gasteiger partial charge in [-0.15, -0.1) is 0 Å². The number of hydrogen-bond acceptors (Lipinski definition) is 3. The third-order valence-corrected chi connectivity index (χ3v) is 3.29. The highest BCUT2D eigenvalue weighted by Gasteiger charge is 2.25. The lowest BCUT2D eigenvalue weighted by Crippen LogP contribution is -2.30. The number of nitrogens with one attached hydrogen (secondary N) is 1. The number of ether oxygens (including phenoxy) is 1. The molecule has 4 nitrogen and oxygen atoms in total. The van der Waals surface area contributed by atoms with Gasteiger partial charge < -0.3 is 9.72 Å². The molecule has 0 spiro atoms. The predicted molar refractivity (Wildman–Crippen MR) is 61.5 cm³/mol. The van der Waals surface area contributed by atoms with E-state index in [1.807, 2.05) is 0 Å². The SMILES string of the molecule is CCC1CCCCC1Oc1cc(=O)[nH]cn1. The summed E-state index contributed by atoms with van der Waals surface area (Å²) in [7, 11) is 0. The lowest BCUT2D eigenvalue weighted by atomic mass is 9.85. The quantitative estimate of drug-likeness (QED) is 0.852. The molecule has 2 rings (SSSR count). The van der Waals surface area contributed by atoms with Crippen LogP contribution < -0.4 is 10.3 Å². The van der Waals surface area contributed by atoms with Crippen LogP contribution in [0.2, 0.25) is 0 Å². The highest BCUT2D eigenvalue weighted by molar-refractivity contribution is 5.06. The molecule has 1 aliphatic rings. The van der Waals surface area contributed by atoms with Crippen molar-refractivity contribution in [1.82, 2.24) is 9.97 Å². The van der Waals surface area contributed by atoms with Crippen LogP contribution in [0.1, 0.15) is 39.0 Å². The molecule has 1 aliphatic carbocycles. The lowest BCUT2D eigenvalue weighted by Gasteiger charge is -2.30. The van der Waals surface area contributed by atoms with E-state index >= 15 is 0 Å². The third kappa shape index (κ3) is 2.62. The summed E-state index contributed by atoms with van der Waals surface area (Å²) in [6.45, 7) is 2.19. The summed E-state index contributed by atoms with van der Waals surface area (Å²) < 4.78 is 5.81. The molecule has 0 radical (unpaired) electrons. The molecule has 0 amide bonds. The molecule has 2 unspecified atom stereocenters. The number of nitrogens with zero attached hydrogens (tertiary/aromatic N) is 1. The van der Waals surface area contributed by atoms with E-state index in [1.165, 1.54) is 31.7 Å². The molecular weight excluding hydrogens is 204 g/mol. The van der Waals surface area contributed by atoms with Crippen molar-refractivity contribution in [2.24, 2.45) is 5.92 Å². The Morgan fingerprint density at radius 3 is 3.06 bits per heavy atom. The largest absolute Gasteiger partial charge is 0.474 e. The molecule has 0 aliphatic heterocycles. The first-order chi connectivity index (χ1) is 7.79. The molecule has 4 heteroatoms. The van der Waals surface area contributed by atoms with Crippen LogP contribution in [0.5, 0.6) is 5.88 Å². The fourth-order valence-corrected chi connectivity index (χ4v) is 2.37. The predicted octanol–water partition coefficient (Wildman–Crippen LogP) is 2.12. The molecule has 0 saturated heterocycles. The summed E-state index contributed by atoms with van der Waals surface area (Å²) in [5.74, 6) is 1.06. The van der Waals surface area contributed by atoms with Crippen molar-refractivity contribution in [2.45, 2.75) is 45.1 Å². The minimum absolute atomic E-state index is 0.158. The van der Waals surface area contributed by atoms with E-state index in [1.54, 1.807) is 0 Å². The number of H-pyrrole nitrogens is 1. The van der Waals surface area contributed by atoms with Gasteiger partial charge in [-0.1, -0.05) is 13.3 Å². The fourth-order valence-electron chi connectivity index (χ4n) is 2.37. The van der Waals surface area contributed by atoms with E-state index < -0.39 is 0 Å². The Morgan fingerprint density at radius 2 is 2.31 bits per heavy atom. The van der Waals surface area contributed by atoms with Gasteiger partial charge in [-0.25, -0.2) is 4.98 Å². The van der Waals surface area contributed by atoms with Crippen molar-refractivity contribution in [3.05, 3.63) is 22.7 Å². The van der Waals surface area contributed by atoms with E-state index in [9.17, 15) is 4.79 Å². The average Bonchev–Trinajstić information content (AvgIpc) is 2.30. The minimum atomic E-state index is -0.158. The molecule has 0 aromatic carbocycles. The second-order valence-electron chi connectivity index (χ2n) is 4.36.